The predicted octanol–water partition coefficient (Wildman–Crippen LogP) is 4.18. The molecule has 3 aromatic rings. The van der Waals surface area contributed by atoms with E-state index in [-0.39, 0.29) is 18.8 Å². The summed E-state index contributed by atoms with van der Waals surface area (Å²) in [6, 6.07) is 4.46. The number of halogens is 4. The largest absolute Gasteiger partial charge is 0.401 e. The SMILES string of the molecule is O=C(/C=C/c1cnccc1-c1cn[nH]c1)Nc1cc2c(cc1F)CN(CC(F)(F)F)CC2. The molecule has 0 atom stereocenters. The van der Waals surface area contributed by atoms with Crippen LogP contribution in [0.15, 0.2) is 49.1 Å². The fraction of sp³-hybridized carbons (Fsp3) is 0.227. The molecule has 0 aliphatic carbocycles. The first-order chi connectivity index (χ1) is 15.3. The second-order valence-electron chi connectivity index (χ2n) is 7.45. The zero-order chi connectivity index (χ0) is 22.7. The molecule has 0 radical (unpaired) electrons. The zero-order valence-electron chi connectivity index (χ0n) is 16.8. The summed E-state index contributed by atoms with van der Waals surface area (Å²) in [4.78, 5) is 17.7. The molecule has 2 N–H and O–H groups in total. The number of carbonyl (C=O) groups excluding carboxylic acids is 1. The van der Waals surface area contributed by atoms with Gasteiger partial charge in [-0.1, -0.05) is 0 Å². The molecule has 0 saturated carbocycles. The monoisotopic (exact) mass is 445 g/mol. The molecule has 0 unspecified atom stereocenters. The van der Waals surface area contributed by atoms with Gasteiger partial charge >= 0.3 is 6.18 Å². The number of benzene rings is 1. The van der Waals surface area contributed by atoms with Gasteiger partial charge in [0.25, 0.3) is 0 Å². The minimum atomic E-state index is -4.30. The number of fused-ring (bicyclic) bond motifs is 1. The summed E-state index contributed by atoms with van der Waals surface area (Å²) in [5.41, 5.74) is 3.53. The lowest BCUT2D eigenvalue weighted by atomic mass is 9.98. The van der Waals surface area contributed by atoms with Crippen LogP contribution in [0.5, 0.6) is 0 Å². The van der Waals surface area contributed by atoms with Gasteiger partial charge in [0.05, 0.1) is 18.4 Å². The number of anilines is 1. The molecule has 4 rings (SSSR count). The van der Waals surface area contributed by atoms with Crippen molar-refractivity contribution in [1.82, 2.24) is 20.1 Å². The third-order valence-electron chi connectivity index (χ3n) is 5.12. The maximum absolute atomic E-state index is 14.5. The van der Waals surface area contributed by atoms with Gasteiger partial charge in [-0.05, 0) is 47.4 Å². The van der Waals surface area contributed by atoms with E-state index in [2.05, 4.69) is 20.5 Å². The molecule has 6 nitrogen and oxygen atoms in total. The Bertz CT molecular complexity index is 1140. The van der Waals surface area contributed by atoms with Crippen LogP contribution in [0.3, 0.4) is 0 Å². The number of alkyl halides is 3. The first-order valence-corrected chi connectivity index (χ1v) is 9.81. The predicted molar refractivity (Wildman–Crippen MR) is 111 cm³/mol. The van der Waals surface area contributed by atoms with E-state index >= 15 is 0 Å². The summed E-state index contributed by atoms with van der Waals surface area (Å²) in [5.74, 6) is -1.24. The molecule has 0 bridgehead atoms. The molecule has 10 heteroatoms. The number of amides is 1. The van der Waals surface area contributed by atoms with E-state index in [0.29, 0.717) is 17.5 Å². The molecule has 32 heavy (non-hydrogen) atoms. The minimum absolute atomic E-state index is 0.0103. The summed E-state index contributed by atoms with van der Waals surface area (Å²) in [6.07, 6.45) is 5.45. The smallest absolute Gasteiger partial charge is 0.320 e. The van der Waals surface area contributed by atoms with Crippen LogP contribution in [-0.4, -0.2) is 45.3 Å². The van der Waals surface area contributed by atoms with Crippen molar-refractivity contribution < 1.29 is 22.4 Å². The molecule has 1 aliphatic heterocycles. The Hall–Kier alpha value is -3.53. The molecular weight excluding hydrogens is 426 g/mol. The van der Waals surface area contributed by atoms with E-state index in [1.54, 1.807) is 36.9 Å². The lowest BCUT2D eigenvalue weighted by molar-refractivity contribution is -0.147. The highest BCUT2D eigenvalue weighted by molar-refractivity contribution is 6.02. The van der Waals surface area contributed by atoms with Gasteiger partial charge in [-0.25, -0.2) is 4.39 Å². The maximum Gasteiger partial charge on any atom is 0.401 e. The first-order valence-electron chi connectivity index (χ1n) is 9.81. The topological polar surface area (TPSA) is 73.9 Å². The van der Waals surface area contributed by atoms with E-state index < -0.39 is 24.4 Å². The quantitative estimate of drug-likeness (QED) is 0.457. The number of hydrogen-bond donors (Lipinski definition) is 2. The first kappa shape index (κ1) is 21.7. The average Bonchev–Trinajstić information content (AvgIpc) is 3.27. The van der Waals surface area contributed by atoms with Crippen molar-refractivity contribution in [2.24, 2.45) is 0 Å². The Balaban J connectivity index is 1.46. The van der Waals surface area contributed by atoms with Crippen molar-refractivity contribution in [2.45, 2.75) is 19.1 Å². The highest BCUT2D eigenvalue weighted by Gasteiger charge is 2.32. The summed E-state index contributed by atoms with van der Waals surface area (Å²) in [7, 11) is 0. The molecule has 0 saturated heterocycles. The van der Waals surface area contributed by atoms with E-state index in [9.17, 15) is 22.4 Å². The number of aromatic nitrogens is 3. The van der Waals surface area contributed by atoms with Crippen molar-refractivity contribution in [3.05, 3.63) is 71.6 Å². The van der Waals surface area contributed by atoms with Gasteiger partial charge in [0.15, 0.2) is 0 Å². The van der Waals surface area contributed by atoms with Crippen LogP contribution in [0.4, 0.5) is 23.2 Å². The van der Waals surface area contributed by atoms with Gasteiger partial charge in [0, 0.05) is 48.9 Å². The van der Waals surface area contributed by atoms with E-state index in [0.717, 1.165) is 16.7 Å². The van der Waals surface area contributed by atoms with E-state index in [4.69, 9.17) is 0 Å². The van der Waals surface area contributed by atoms with Gasteiger partial charge in [-0.3, -0.25) is 19.8 Å². The van der Waals surface area contributed by atoms with Crippen LogP contribution >= 0.6 is 0 Å². The molecule has 0 fully saturated rings. The number of carbonyl (C=O) groups is 1. The van der Waals surface area contributed by atoms with Gasteiger partial charge in [-0.15, -0.1) is 0 Å². The number of pyridine rings is 1. The van der Waals surface area contributed by atoms with E-state index in [1.165, 1.54) is 23.1 Å². The second-order valence-corrected chi connectivity index (χ2v) is 7.45. The molecule has 3 heterocycles. The van der Waals surface area contributed by atoms with Crippen molar-refractivity contribution in [1.29, 1.82) is 0 Å². The number of rotatable bonds is 5. The standard InChI is InChI=1S/C22H19F4N5O/c23-19-7-16-12-31(13-22(24,25)26)6-4-14(16)8-20(19)30-21(32)2-1-15-9-27-5-3-18(15)17-10-28-29-11-17/h1-3,5,7-11H,4,6,12-13H2,(H,28,29)(H,30,32)/b2-1+. The van der Waals surface area contributed by atoms with Crippen molar-refractivity contribution in [2.75, 3.05) is 18.4 Å². The number of nitrogens with one attached hydrogen (secondary N) is 2. The molecule has 166 valence electrons. The Morgan fingerprint density at radius 1 is 1.25 bits per heavy atom. The fourth-order valence-corrected chi connectivity index (χ4v) is 3.66. The van der Waals surface area contributed by atoms with Crippen LogP contribution in [0, 0.1) is 5.82 Å². The van der Waals surface area contributed by atoms with Crippen LogP contribution in [0.25, 0.3) is 17.2 Å². The summed E-state index contributed by atoms with van der Waals surface area (Å²) >= 11 is 0. The summed E-state index contributed by atoms with van der Waals surface area (Å²) in [5, 5.41) is 9.13. The number of aromatic amines is 1. The molecule has 1 aromatic carbocycles. The maximum atomic E-state index is 14.5. The third kappa shape index (κ3) is 5.20. The van der Waals surface area contributed by atoms with Gasteiger partial charge in [-0.2, -0.15) is 18.3 Å². The Morgan fingerprint density at radius 2 is 2.09 bits per heavy atom. The van der Waals surface area contributed by atoms with Gasteiger partial charge in [0.1, 0.15) is 5.82 Å². The highest BCUT2D eigenvalue weighted by atomic mass is 19.4. The third-order valence-corrected chi connectivity index (χ3v) is 5.12. The Kier molecular flexibility index (Phi) is 6.04. The van der Waals surface area contributed by atoms with Gasteiger partial charge in [0.2, 0.25) is 5.91 Å². The summed E-state index contributed by atoms with van der Waals surface area (Å²) < 4.78 is 52.4. The van der Waals surface area contributed by atoms with Crippen LogP contribution in [0.2, 0.25) is 0 Å². The average molecular weight is 445 g/mol. The van der Waals surface area contributed by atoms with Crippen molar-refractivity contribution in [3.8, 4) is 11.1 Å². The normalized spacial score (nSPS) is 14.5. The van der Waals surface area contributed by atoms with Crippen molar-refractivity contribution >= 4 is 17.7 Å². The molecule has 2 aromatic heterocycles. The Labute approximate surface area is 181 Å². The fourth-order valence-electron chi connectivity index (χ4n) is 3.66. The minimum Gasteiger partial charge on any atom is -0.320 e. The lowest BCUT2D eigenvalue weighted by Gasteiger charge is -2.29. The molecule has 0 spiro atoms. The van der Waals surface area contributed by atoms with Crippen LogP contribution in [-0.2, 0) is 17.8 Å². The highest BCUT2D eigenvalue weighted by Crippen LogP contribution is 2.28. The van der Waals surface area contributed by atoms with Gasteiger partial charge < -0.3 is 5.32 Å². The zero-order valence-corrected chi connectivity index (χ0v) is 16.8. The number of H-pyrrole nitrogens is 1. The Morgan fingerprint density at radius 3 is 2.84 bits per heavy atom. The van der Waals surface area contributed by atoms with E-state index in [1.807, 2.05) is 0 Å². The van der Waals surface area contributed by atoms with Crippen LogP contribution in [0.1, 0.15) is 16.7 Å². The second kappa shape index (κ2) is 8.91. The number of hydrogen-bond acceptors (Lipinski definition) is 4. The number of nitrogens with zero attached hydrogens (tertiary/aromatic N) is 3. The molecular formula is C22H19F4N5O. The van der Waals surface area contributed by atoms with Crippen molar-refractivity contribution in [3.63, 3.8) is 0 Å². The summed E-state index contributed by atoms with van der Waals surface area (Å²) in [6.45, 7) is -0.812. The molecule has 1 amide bonds. The molecule has 1 aliphatic rings. The lowest BCUT2D eigenvalue weighted by Crippen LogP contribution is -2.38. The van der Waals surface area contributed by atoms with Crippen LogP contribution < -0.4 is 5.32 Å².